The van der Waals surface area contributed by atoms with Crippen LogP contribution in [0.4, 0.5) is 5.88 Å². The first-order chi connectivity index (χ1) is 15.0. The number of carbonyl (C=O) groups excluding carboxylic acids is 2. The van der Waals surface area contributed by atoms with E-state index in [0.29, 0.717) is 17.0 Å². The van der Waals surface area contributed by atoms with Crippen molar-refractivity contribution < 1.29 is 18.8 Å². The summed E-state index contributed by atoms with van der Waals surface area (Å²) in [4.78, 5) is 29.4. The van der Waals surface area contributed by atoms with E-state index in [2.05, 4.69) is 20.6 Å². The molecule has 156 valence electrons. The number of benzene rings is 1. The van der Waals surface area contributed by atoms with Crippen molar-refractivity contribution in [2.24, 2.45) is 0 Å². The van der Waals surface area contributed by atoms with Crippen molar-refractivity contribution in [2.45, 2.75) is 20.0 Å². The maximum absolute atomic E-state index is 12.9. The summed E-state index contributed by atoms with van der Waals surface area (Å²) in [6, 6.07) is 14.5. The average molecular weight is 417 g/mol. The van der Waals surface area contributed by atoms with Gasteiger partial charge in [-0.15, -0.1) is 0 Å². The molecule has 3 heterocycles. The number of esters is 1. The molecular weight excluding hydrogens is 398 g/mol. The van der Waals surface area contributed by atoms with E-state index in [-0.39, 0.29) is 11.4 Å². The van der Waals surface area contributed by atoms with Gasteiger partial charge in [-0.3, -0.25) is 15.1 Å². The summed E-state index contributed by atoms with van der Waals surface area (Å²) in [6.07, 6.45) is 3.74. The second-order valence-corrected chi connectivity index (χ2v) is 6.78. The van der Waals surface area contributed by atoms with Crippen molar-refractivity contribution in [3.63, 3.8) is 0 Å². The van der Waals surface area contributed by atoms with E-state index >= 15 is 0 Å². The van der Waals surface area contributed by atoms with Gasteiger partial charge in [0.2, 0.25) is 5.88 Å². The van der Waals surface area contributed by atoms with E-state index in [1.807, 2.05) is 30.3 Å². The highest BCUT2D eigenvalue weighted by molar-refractivity contribution is 5.99. The lowest BCUT2D eigenvalue weighted by molar-refractivity contribution is -0.123. The van der Waals surface area contributed by atoms with E-state index in [9.17, 15) is 9.59 Å². The summed E-state index contributed by atoms with van der Waals surface area (Å²) in [5.74, 6) is -1.04. The van der Waals surface area contributed by atoms with Crippen LogP contribution in [0.3, 0.4) is 0 Å². The number of aromatic nitrogens is 4. The summed E-state index contributed by atoms with van der Waals surface area (Å²) < 4.78 is 11.9. The molecule has 1 aromatic carbocycles. The second-order valence-electron chi connectivity index (χ2n) is 6.78. The van der Waals surface area contributed by atoms with Crippen molar-refractivity contribution in [3.8, 4) is 16.9 Å². The van der Waals surface area contributed by atoms with Gasteiger partial charge in [-0.25, -0.2) is 9.48 Å². The molecule has 0 bridgehead atoms. The SMILES string of the molecule is Cc1cc(NC(=O)C(C)OC(=O)c2cn(-c3ccccc3)nc2-c2cccnc2)on1. The fraction of sp³-hybridized carbons (Fsp3) is 0.136. The van der Waals surface area contributed by atoms with E-state index in [0.717, 1.165) is 5.69 Å². The number of ether oxygens (including phenoxy) is 1. The molecule has 0 saturated heterocycles. The van der Waals surface area contributed by atoms with Crippen LogP contribution >= 0.6 is 0 Å². The van der Waals surface area contributed by atoms with Gasteiger partial charge in [0, 0.05) is 30.2 Å². The Kier molecular flexibility index (Phi) is 5.57. The number of hydrogen-bond donors (Lipinski definition) is 1. The van der Waals surface area contributed by atoms with E-state index in [1.165, 1.54) is 6.92 Å². The van der Waals surface area contributed by atoms with Crippen LogP contribution < -0.4 is 5.32 Å². The molecule has 1 amide bonds. The Bertz CT molecular complexity index is 1200. The standard InChI is InChI=1S/C22H19N5O4/c1-14-11-19(31-26-14)24-21(28)15(2)30-22(29)18-13-27(17-8-4-3-5-9-17)25-20(18)16-7-6-10-23-12-16/h3-13,15H,1-2H3,(H,24,28). The normalized spacial score (nSPS) is 11.7. The first-order valence-corrected chi connectivity index (χ1v) is 9.52. The number of para-hydroxylation sites is 1. The Morgan fingerprint density at radius 3 is 2.65 bits per heavy atom. The Labute approximate surface area is 177 Å². The monoisotopic (exact) mass is 417 g/mol. The predicted molar refractivity (Wildman–Crippen MR) is 112 cm³/mol. The van der Waals surface area contributed by atoms with E-state index in [4.69, 9.17) is 9.26 Å². The van der Waals surface area contributed by atoms with Gasteiger partial charge in [-0.2, -0.15) is 5.10 Å². The lowest BCUT2D eigenvalue weighted by atomic mass is 10.1. The molecule has 0 aliphatic rings. The molecule has 0 aliphatic heterocycles. The number of anilines is 1. The first-order valence-electron chi connectivity index (χ1n) is 9.52. The molecule has 4 rings (SSSR count). The molecule has 9 nitrogen and oxygen atoms in total. The summed E-state index contributed by atoms with van der Waals surface area (Å²) in [7, 11) is 0. The molecule has 0 aliphatic carbocycles. The third-order valence-corrected chi connectivity index (χ3v) is 4.42. The van der Waals surface area contributed by atoms with Crippen LogP contribution in [0.5, 0.6) is 0 Å². The number of carbonyl (C=O) groups is 2. The van der Waals surface area contributed by atoms with Gasteiger partial charge in [0.05, 0.1) is 11.4 Å². The second kappa shape index (κ2) is 8.62. The maximum Gasteiger partial charge on any atom is 0.342 e. The summed E-state index contributed by atoms with van der Waals surface area (Å²) >= 11 is 0. The summed E-state index contributed by atoms with van der Waals surface area (Å²) in [5.41, 5.74) is 2.67. The van der Waals surface area contributed by atoms with Crippen LogP contribution in [0, 0.1) is 6.92 Å². The van der Waals surface area contributed by atoms with Gasteiger partial charge in [-0.05, 0) is 38.1 Å². The summed E-state index contributed by atoms with van der Waals surface area (Å²) in [6.45, 7) is 3.20. The number of nitrogens with zero attached hydrogens (tertiary/aromatic N) is 4. The quantitative estimate of drug-likeness (QED) is 0.478. The largest absolute Gasteiger partial charge is 0.449 e. The van der Waals surface area contributed by atoms with Crippen molar-refractivity contribution in [1.82, 2.24) is 19.9 Å². The number of amides is 1. The highest BCUT2D eigenvalue weighted by Crippen LogP contribution is 2.24. The smallest absolute Gasteiger partial charge is 0.342 e. The fourth-order valence-electron chi connectivity index (χ4n) is 2.88. The lowest BCUT2D eigenvalue weighted by Crippen LogP contribution is -2.29. The Morgan fingerprint density at radius 1 is 1.16 bits per heavy atom. The van der Waals surface area contributed by atoms with Crippen LogP contribution in [0.25, 0.3) is 16.9 Å². The van der Waals surface area contributed by atoms with Gasteiger partial charge < -0.3 is 9.26 Å². The zero-order valence-electron chi connectivity index (χ0n) is 16.9. The molecule has 3 aromatic heterocycles. The first kappa shape index (κ1) is 20.0. The molecule has 31 heavy (non-hydrogen) atoms. The topological polar surface area (TPSA) is 112 Å². The average Bonchev–Trinajstić information content (AvgIpc) is 3.41. The molecule has 1 atom stereocenters. The minimum Gasteiger partial charge on any atom is -0.449 e. The highest BCUT2D eigenvalue weighted by Gasteiger charge is 2.25. The van der Waals surface area contributed by atoms with Crippen LogP contribution in [-0.2, 0) is 9.53 Å². The van der Waals surface area contributed by atoms with Crippen molar-refractivity contribution in [3.05, 3.63) is 78.4 Å². The van der Waals surface area contributed by atoms with E-state index in [1.54, 1.807) is 48.4 Å². The van der Waals surface area contributed by atoms with Gasteiger partial charge in [0.1, 0.15) is 11.3 Å². The molecular formula is C22H19N5O4. The highest BCUT2D eigenvalue weighted by atomic mass is 16.5. The van der Waals surface area contributed by atoms with Gasteiger partial charge in [0.15, 0.2) is 6.10 Å². The van der Waals surface area contributed by atoms with Crippen molar-refractivity contribution in [1.29, 1.82) is 0 Å². The molecule has 0 saturated carbocycles. The van der Waals surface area contributed by atoms with Crippen LogP contribution in [-0.4, -0.2) is 37.9 Å². The molecule has 0 radical (unpaired) electrons. The van der Waals surface area contributed by atoms with Crippen molar-refractivity contribution >= 4 is 17.8 Å². The van der Waals surface area contributed by atoms with Crippen LogP contribution in [0.1, 0.15) is 23.0 Å². The van der Waals surface area contributed by atoms with Crippen molar-refractivity contribution in [2.75, 3.05) is 5.32 Å². The zero-order valence-corrected chi connectivity index (χ0v) is 16.9. The van der Waals surface area contributed by atoms with Crippen LogP contribution in [0.15, 0.2) is 71.6 Å². The van der Waals surface area contributed by atoms with Gasteiger partial charge >= 0.3 is 5.97 Å². The minimum atomic E-state index is -1.07. The van der Waals surface area contributed by atoms with Crippen LogP contribution in [0.2, 0.25) is 0 Å². The zero-order chi connectivity index (χ0) is 21.8. The lowest BCUT2D eigenvalue weighted by Gasteiger charge is -2.12. The predicted octanol–water partition coefficient (Wildman–Crippen LogP) is 3.41. The fourth-order valence-corrected chi connectivity index (χ4v) is 2.88. The third kappa shape index (κ3) is 4.50. The molecule has 0 spiro atoms. The number of nitrogens with one attached hydrogen (secondary N) is 1. The number of pyridine rings is 1. The van der Waals surface area contributed by atoms with E-state index < -0.39 is 18.0 Å². The van der Waals surface area contributed by atoms with Gasteiger partial charge in [-0.1, -0.05) is 23.4 Å². The Balaban J connectivity index is 1.59. The van der Waals surface area contributed by atoms with Gasteiger partial charge in [0.25, 0.3) is 5.91 Å². The molecule has 1 N–H and O–H groups in total. The third-order valence-electron chi connectivity index (χ3n) is 4.42. The molecule has 1 unspecified atom stereocenters. The Morgan fingerprint density at radius 2 is 1.97 bits per heavy atom. The number of aryl methyl sites for hydroxylation is 1. The molecule has 9 heteroatoms. The summed E-state index contributed by atoms with van der Waals surface area (Å²) in [5, 5.41) is 10.8. The molecule has 4 aromatic rings. The maximum atomic E-state index is 12.9. The molecule has 0 fully saturated rings. The number of rotatable bonds is 6. The Hall–Kier alpha value is -4.27. The minimum absolute atomic E-state index is 0.179. The number of hydrogen-bond acceptors (Lipinski definition) is 7.